The standard InChI is InChI=1S/C68H54N6/c1-3-17-49(18-4-1)71(53-39-43-55(44-40-53)73-63-27-13-7-21-57(63)58-22-8-14-28-64(58)73)51-35-31-47(32-36-51)67-68(70-62-26-12-11-25-61(62)69-67)48-33-37-52(38-34-48)72(50-19-5-2-6-20-50)54-41-45-56(46-42-54)74-65-29-15-9-23-59(65)60-24-10-16-30-66(60)74/h1-6,11-20,25-46H,7-10,21-24H2. The van der Waals surface area contributed by atoms with Gasteiger partial charge in [-0.3, -0.25) is 0 Å². The number of benzene rings is 7. The van der Waals surface area contributed by atoms with Crippen LogP contribution in [0.2, 0.25) is 0 Å². The third kappa shape index (κ3) is 7.64. The summed E-state index contributed by atoms with van der Waals surface area (Å²) in [6, 6.07) is 65.2. The molecule has 0 fully saturated rings. The van der Waals surface area contributed by atoms with Crippen LogP contribution in [0.5, 0.6) is 0 Å². The second-order valence-corrected chi connectivity index (χ2v) is 19.8. The van der Waals surface area contributed by atoms with E-state index in [1.54, 1.807) is 0 Å². The van der Waals surface area contributed by atoms with Gasteiger partial charge >= 0.3 is 0 Å². The lowest BCUT2D eigenvalue weighted by Crippen LogP contribution is -2.10. The molecule has 6 heteroatoms. The summed E-state index contributed by atoms with van der Waals surface area (Å²) >= 11 is 0. The molecule has 6 nitrogen and oxygen atoms in total. The summed E-state index contributed by atoms with van der Waals surface area (Å²) in [7, 11) is 0. The molecule has 0 amide bonds. The van der Waals surface area contributed by atoms with Gasteiger partial charge in [0.05, 0.1) is 22.4 Å². The Balaban J connectivity index is 0.802. The van der Waals surface area contributed by atoms with Crippen LogP contribution in [0.4, 0.5) is 34.1 Å². The fraction of sp³-hybridized carbons (Fsp3) is 0.118. The molecule has 7 aromatic carbocycles. The van der Waals surface area contributed by atoms with Crippen molar-refractivity contribution in [2.45, 2.75) is 51.4 Å². The Bertz CT molecular complexity index is 3520. The van der Waals surface area contributed by atoms with Gasteiger partial charge in [-0.15, -0.1) is 0 Å². The molecular weight excluding hydrogens is 901 g/mol. The molecule has 3 aromatic heterocycles. The lowest BCUT2D eigenvalue weighted by Gasteiger charge is -2.26. The van der Waals surface area contributed by atoms with E-state index < -0.39 is 0 Å². The lowest BCUT2D eigenvalue weighted by atomic mass is 9.94. The number of rotatable bonds is 10. The molecule has 0 spiro atoms. The van der Waals surface area contributed by atoms with Crippen molar-refractivity contribution in [3.05, 3.63) is 251 Å². The molecule has 4 aliphatic rings. The van der Waals surface area contributed by atoms with Crippen molar-refractivity contribution in [3.63, 3.8) is 0 Å². The minimum absolute atomic E-state index is 0.842. The largest absolute Gasteiger partial charge is 0.311 e. The van der Waals surface area contributed by atoms with Gasteiger partial charge in [-0.25, -0.2) is 9.97 Å². The zero-order chi connectivity index (χ0) is 49.0. The van der Waals surface area contributed by atoms with E-state index in [9.17, 15) is 0 Å². The molecule has 356 valence electrons. The van der Waals surface area contributed by atoms with E-state index in [1.807, 2.05) is 12.1 Å². The van der Waals surface area contributed by atoms with Crippen LogP contribution in [0.1, 0.15) is 70.7 Å². The van der Waals surface area contributed by atoms with Gasteiger partial charge in [-0.05, 0) is 207 Å². The number of anilines is 6. The number of aromatic nitrogens is 4. The van der Waals surface area contributed by atoms with Gasteiger partial charge < -0.3 is 18.9 Å². The van der Waals surface area contributed by atoms with Gasteiger partial charge in [0.1, 0.15) is 0 Å². The second kappa shape index (κ2) is 18.6. The van der Waals surface area contributed by atoms with Crippen molar-refractivity contribution in [2.24, 2.45) is 0 Å². The molecule has 10 aromatic rings. The van der Waals surface area contributed by atoms with Crippen LogP contribution in [-0.2, 0) is 25.7 Å². The molecule has 0 saturated heterocycles. The van der Waals surface area contributed by atoms with Crippen molar-refractivity contribution in [1.29, 1.82) is 0 Å². The molecule has 0 aliphatic heterocycles. The van der Waals surface area contributed by atoms with Crippen LogP contribution >= 0.6 is 0 Å². The number of hydrogen-bond acceptors (Lipinski definition) is 4. The van der Waals surface area contributed by atoms with Crippen molar-refractivity contribution < 1.29 is 0 Å². The summed E-state index contributed by atoms with van der Waals surface area (Å²) in [6.45, 7) is 0. The lowest BCUT2D eigenvalue weighted by molar-refractivity contribution is 0.922. The summed E-state index contributed by atoms with van der Waals surface area (Å²) in [6.07, 6.45) is 27.5. The maximum absolute atomic E-state index is 5.33. The molecule has 0 radical (unpaired) electrons. The number of nitrogens with zero attached hydrogens (tertiary/aromatic N) is 6. The number of allylic oxidation sites excluding steroid dienone is 4. The third-order valence-corrected chi connectivity index (χ3v) is 15.4. The normalized spacial score (nSPS) is 14.1. The highest BCUT2D eigenvalue weighted by atomic mass is 15.1. The summed E-state index contributed by atoms with van der Waals surface area (Å²) in [4.78, 5) is 15.3. The van der Waals surface area contributed by atoms with Crippen molar-refractivity contribution in [2.75, 3.05) is 9.80 Å². The van der Waals surface area contributed by atoms with Crippen LogP contribution in [0.15, 0.2) is 206 Å². The van der Waals surface area contributed by atoms with Gasteiger partial charge in [-0.2, -0.15) is 0 Å². The summed E-state index contributed by atoms with van der Waals surface area (Å²) < 4.78 is 4.93. The highest BCUT2D eigenvalue weighted by Crippen LogP contribution is 2.42. The predicted octanol–water partition coefficient (Wildman–Crippen LogP) is 17.3. The van der Waals surface area contributed by atoms with Gasteiger partial charge in [0.2, 0.25) is 0 Å². The first-order valence-electron chi connectivity index (χ1n) is 26.3. The molecule has 14 rings (SSSR count). The molecule has 0 unspecified atom stereocenters. The zero-order valence-electron chi connectivity index (χ0n) is 41.3. The van der Waals surface area contributed by atoms with Crippen molar-refractivity contribution in [1.82, 2.24) is 19.1 Å². The Morgan fingerprint density at radius 3 is 0.905 bits per heavy atom. The van der Waals surface area contributed by atoms with Gasteiger partial charge in [0.25, 0.3) is 0 Å². The maximum atomic E-state index is 5.33. The van der Waals surface area contributed by atoms with Gasteiger partial charge in [0.15, 0.2) is 0 Å². The monoisotopic (exact) mass is 954 g/mol. The number of hydrogen-bond donors (Lipinski definition) is 0. The molecule has 74 heavy (non-hydrogen) atoms. The molecule has 0 N–H and O–H groups in total. The van der Waals surface area contributed by atoms with E-state index in [0.717, 1.165) is 119 Å². The van der Waals surface area contributed by atoms with Crippen LogP contribution in [0.3, 0.4) is 0 Å². The summed E-state index contributed by atoms with van der Waals surface area (Å²) in [5.41, 5.74) is 25.7. The highest BCUT2D eigenvalue weighted by molar-refractivity contribution is 5.89. The van der Waals surface area contributed by atoms with Gasteiger partial charge in [-0.1, -0.05) is 97.1 Å². The topological polar surface area (TPSA) is 42.1 Å². The van der Waals surface area contributed by atoms with Crippen molar-refractivity contribution in [3.8, 4) is 33.9 Å². The minimum atomic E-state index is 0.842. The van der Waals surface area contributed by atoms with E-state index in [4.69, 9.17) is 9.97 Å². The predicted molar refractivity (Wildman–Crippen MR) is 308 cm³/mol. The van der Waals surface area contributed by atoms with E-state index in [0.29, 0.717) is 0 Å². The maximum Gasteiger partial charge on any atom is 0.0973 e. The third-order valence-electron chi connectivity index (χ3n) is 15.4. The second-order valence-electron chi connectivity index (χ2n) is 19.8. The highest BCUT2D eigenvalue weighted by Gasteiger charge is 2.26. The molecule has 0 saturated carbocycles. The average molecular weight is 955 g/mol. The van der Waals surface area contributed by atoms with E-state index in [-0.39, 0.29) is 0 Å². The average Bonchev–Trinajstić information content (AvgIpc) is 4.00. The molecule has 4 aliphatic carbocycles. The van der Waals surface area contributed by atoms with Crippen LogP contribution in [-0.4, -0.2) is 19.1 Å². The molecule has 3 heterocycles. The van der Waals surface area contributed by atoms with E-state index in [2.05, 4.69) is 237 Å². The SMILES string of the molecule is C1=Cc2c(c3c(n2-c2ccc(N(c4ccccc4)c4ccc(-c5nc6ccccc6nc5-c5ccc(N(c6ccccc6)c6ccc(-n7c8c(c9c7C=CCC9)CCC=C8)cc6)cc5)cc4)cc2)C=CCC3)CC1. The number of para-hydroxylation sites is 4. The fourth-order valence-corrected chi connectivity index (χ4v) is 12.0. The first-order chi connectivity index (χ1) is 36.7. The molecular formula is C68H54N6. The molecule has 0 bridgehead atoms. The van der Waals surface area contributed by atoms with Crippen molar-refractivity contribution >= 4 is 69.5 Å². The Kier molecular flexibility index (Phi) is 11.0. The molecule has 0 atom stereocenters. The first kappa shape index (κ1) is 43.8. The smallest absolute Gasteiger partial charge is 0.0973 e. The Morgan fingerprint density at radius 2 is 0.581 bits per heavy atom. The van der Waals surface area contributed by atoms with Crippen LogP contribution in [0.25, 0.3) is 69.2 Å². The van der Waals surface area contributed by atoms with E-state index in [1.165, 1.54) is 56.4 Å². The van der Waals surface area contributed by atoms with Crippen LogP contribution < -0.4 is 9.80 Å². The number of fused-ring (bicyclic) bond motifs is 7. The Labute approximate surface area is 432 Å². The van der Waals surface area contributed by atoms with Gasteiger partial charge in [0, 0.05) is 79.4 Å². The van der Waals surface area contributed by atoms with E-state index >= 15 is 0 Å². The minimum Gasteiger partial charge on any atom is -0.311 e. The quantitative estimate of drug-likeness (QED) is 0.137. The summed E-state index contributed by atoms with van der Waals surface area (Å²) in [5, 5.41) is 0. The zero-order valence-corrected chi connectivity index (χ0v) is 41.3. The first-order valence-corrected chi connectivity index (χ1v) is 26.3. The van der Waals surface area contributed by atoms with Crippen LogP contribution in [0, 0.1) is 0 Å². The fourth-order valence-electron chi connectivity index (χ4n) is 12.0. The Morgan fingerprint density at radius 1 is 0.297 bits per heavy atom. The Hall–Kier alpha value is -9.00. The summed E-state index contributed by atoms with van der Waals surface area (Å²) in [5.74, 6) is 0.